The zero-order valence-electron chi connectivity index (χ0n) is 8.88. The van der Waals surface area contributed by atoms with E-state index in [1.807, 2.05) is 14.0 Å². The number of Topliss-reactive ketones (excluding diaryl/α,β-unsaturated/α-hetero) is 1. The molecule has 0 spiro atoms. The number of ketones is 1. The molecule has 2 rings (SSSR count). The summed E-state index contributed by atoms with van der Waals surface area (Å²) in [6.45, 7) is 3.45. The highest BCUT2D eigenvalue weighted by Crippen LogP contribution is 2.21. The summed E-state index contributed by atoms with van der Waals surface area (Å²) in [6.07, 6.45) is 0.391. The Morgan fingerprint density at radius 3 is 2.73 bits per heavy atom. The molecule has 0 amide bonds. The first-order valence-corrected chi connectivity index (χ1v) is 5.38. The lowest BCUT2D eigenvalue weighted by Crippen LogP contribution is -2.47. The van der Waals surface area contributed by atoms with Gasteiger partial charge in [-0.25, -0.2) is 0 Å². The summed E-state index contributed by atoms with van der Waals surface area (Å²) in [7, 11) is 1.82. The van der Waals surface area contributed by atoms with Crippen molar-refractivity contribution in [2.45, 2.75) is 13.3 Å². The molecule has 2 heterocycles. The largest absolute Gasteiger partial charge is 0.315 e. The Hall–Kier alpha value is -0.870. The van der Waals surface area contributed by atoms with Crippen LogP contribution in [0.2, 0.25) is 5.02 Å². The van der Waals surface area contributed by atoms with Gasteiger partial charge in [-0.1, -0.05) is 11.6 Å². The predicted molar refractivity (Wildman–Crippen MR) is 58.0 cm³/mol. The fourth-order valence-electron chi connectivity index (χ4n) is 1.70. The number of hydrogen-bond donors (Lipinski definition) is 1. The van der Waals surface area contributed by atoms with Crippen LogP contribution in [0.25, 0.3) is 0 Å². The third kappa shape index (κ3) is 1.92. The molecule has 1 saturated heterocycles. The monoisotopic (exact) mass is 227 g/mol. The summed E-state index contributed by atoms with van der Waals surface area (Å²) in [5.41, 5.74) is 1.61. The molecule has 4 nitrogen and oxygen atoms in total. The van der Waals surface area contributed by atoms with Gasteiger partial charge in [0.25, 0.3) is 0 Å². The molecule has 1 aliphatic rings. The molecule has 0 unspecified atom stereocenters. The van der Waals surface area contributed by atoms with E-state index in [1.165, 1.54) is 0 Å². The predicted octanol–water partition coefficient (Wildman–Crippen LogP) is 0.713. The molecule has 1 N–H and O–H groups in total. The number of halogens is 1. The summed E-state index contributed by atoms with van der Waals surface area (Å²) in [5.74, 6) is 0.412. The Balaban J connectivity index is 2.12. The summed E-state index contributed by atoms with van der Waals surface area (Å²) in [5, 5.41) is 7.89. The quantitative estimate of drug-likeness (QED) is 0.828. The van der Waals surface area contributed by atoms with Crippen LogP contribution < -0.4 is 5.32 Å². The Morgan fingerprint density at radius 1 is 1.67 bits per heavy atom. The highest BCUT2D eigenvalue weighted by molar-refractivity contribution is 6.32. The van der Waals surface area contributed by atoms with Crippen molar-refractivity contribution < 1.29 is 4.79 Å². The molecule has 0 saturated carbocycles. The lowest BCUT2D eigenvalue weighted by molar-refractivity contribution is -0.123. The van der Waals surface area contributed by atoms with Gasteiger partial charge < -0.3 is 5.32 Å². The maximum Gasteiger partial charge on any atom is 0.144 e. The van der Waals surface area contributed by atoms with Gasteiger partial charge in [0.15, 0.2) is 0 Å². The Kier molecular flexibility index (Phi) is 2.80. The lowest BCUT2D eigenvalue weighted by atomic mass is 9.95. The average molecular weight is 228 g/mol. The second-order valence-corrected chi connectivity index (χ2v) is 4.35. The minimum Gasteiger partial charge on any atom is -0.315 e. The van der Waals surface area contributed by atoms with Gasteiger partial charge in [-0.05, 0) is 6.92 Å². The fraction of sp³-hybridized carbons (Fsp3) is 0.600. The van der Waals surface area contributed by atoms with Gasteiger partial charge in [0.1, 0.15) is 5.78 Å². The van der Waals surface area contributed by atoms with E-state index in [0.29, 0.717) is 11.4 Å². The van der Waals surface area contributed by atoms with Gasteiger partial charge in [-0.3, -0.25) is 9.48 Å². The number of aryl methyl sites for hydroxylation is 2. The first-order chi connectivity index (χ1) is 7.09. The number of carbonyl (C=O) groups excluding carboxylic acids is 1. The Bertz CT molecular complexity index is 396. The number of carbonyl (C=O) groups is 1. The van der Waals surface area contributed by atoms with Crippen molar-refractivity contribution in [3.8, 4) is 0 Å². The summed E-state index contributed by atoms with van der Waals surface area (Å²) in [6, 6.07) is 0. The minimum atomic E-state index is 0.163. The highest BCUT2D eigenvalue weighted by atomic mass is 35.5. The van der Waals surface area contributed by atoms with Gasteiger partial charge in [-0.2, -0.15) is 5.10 Å². The van der Waals surface area contributed by atoms with Gasteiger partial charge in [-0.15, -0.1) is 0 Å². The summed E-state index contributed by atoms with van der Waals surface area (Å²) in [4.78, 5) is 11.8. The van der Waals surface area contributed by atoms with E-state index in [4.69, 9.17) is 11.6 Å². The van der Waals surface area contributed by atoms with E-state index >= 15 is 0 Å². The molecule has 82 valence electrons. The minimum absolute atomic E-state index is 0.163. The van der Waals surface area contributed by atoms with Crippen molar-refractivity contribution in [3.05, 3.63) is 16.4 Å². The third-order valence-corrected chi connectivity index (χ3v) is 3.33. The molecule has 0 radical (unpaired) electrons. The molecular weight excluding hydrogens is 214 g/mol. The Morgan fingerprint density at radius 2 is 2.33 bits per heavy atom. The molecule has 0 aliphatic carbocycles. The second-order valence-electron chi connectivity index (χ2n) is 3.97. The van der Waals surface area contributed by atoms with E-state index < -0.39 is 0 Å². The van der Waals surface area contributed by atoms with Crippen LogP contribution in [0.1, 0.15) is 11.4 Å². The maximum atomic E-state index is 11.8. The van der Waals surface area contributed by atoms with E-state index in [2.05, 4.69) is 10.4 Å². The van der Waals surface area contributed by atoms with Crippen molar-refractivity contribution in [1.29, 1.82) is 0 Å². The topological polar surface area (TPSA) is 46.9 Å². The number of nitrogens with zero attached hydrogens (tertiary/aromatic N) is 2. The first kappa shape index (κ1) is 10.6. The molecule has 1 aromatic rings. The number of aromatic nitrogens is 2. The van der Waals surface area contributed by atoms with Gasteiger partial charge >= 0.3 is 0 Å². The molecule has 0 aromatic carbocycles. The van der Waals surface area contributed by atoms with Crippen LogP contribution in [0.3, 0.4) is 0 Å². The summed E-state index contributed by atoms with van der Waals surface area (Å²) < 4.78 is 1.70. The smallest absolute Gasteiger partial charge is 0.144 e. The van der Waals surface area contributed by atoms with Crippen LogP contribution >= 0.6 is 11.6 Å². The highest BCUT2D eigenvalue weighted by Gasteiger charge is 2.26. The molecule has 1 aliphatic heterocycles. The number of hydrogen-bond acceptors (Lipinski definition) is 3. The van der Waals surface area contributed by atoms with Crippen LogP contribution in [0, 0.1) is 12.8 Å². The zero-order valence-corrected chi connectivity index (χ0v) is 9.64. The number of nitrogens with one attached hydrogen (secondary N) is 1. The third-order valence-electron chi connectivity index (χ3n) is 2.84. The molecule has 0 atom stereocenters. The van der Waals surface area contributed by atoms with Crippen molar-refractivity contribution in [3.63, 3.8) is 0 Å². The average Bonchev–Trinajstić information content (AvgIpc) is 2.29. The molecule has 5 heteroatoms. The SMILES string of the molecule is Cc1nn(C)c(CC(=O)C2CNC2)c1Cl. The van der Waals surface area contributed by atoms with Crippen LogP contribution in [0.4, 0.5) is 0 Å². The van der Waals surface area contributed by atoms with E-state index in [-0.39, 0.29) is 11.7 Å². The van der Waals surface area contributed by atoms with Gasteiger partial charge in [0.05, 0.1) is 22.8 Å². The summed E-state index contributed by atoms with van der Waals surface area (Å²) >= 11 is 6.07. The van der Waals surface area contributed by atoms with Gasteiger partial charge in [0.2, 0.25) is 0 Å². The molecule has 1 aromatic heterocycles. The van der Waals surface area contributed by atoms with E-state index in [0.717, 1.165) is 24.5 Å². The van der Waals surface area contributed by atoms with Crippen LogP contribution in [0.15, 0.2) is 0 Å². The standard InChI is InChI=1S/C10H14ClN3O/c1-6-10(11)8(14(2)13-6)3-9(15)7-4-12-5-7/h7,12H,3-5H2,1-2H3. The van der Waals surface area contributed by atoms with E-state index in [9.17, 15) is 4.79 Å². The van der Waals surface area contributed by atoms with E-state index in [1.54, 1.807) is 4.68 Å². The van der Waals surface area contributed by atoms with Crippen molar-refractivity contribution >= 4 is 17.4 Å². The Labute approximate surface area is 93.6 Å². The molecule has 15 heavy (non-hydrogen) atoms. The maximum absolute atomic E-state index is 11.8. The molecule has 0 bridgehead atoms. The van der Waals surface area contributed by atoms with Crippen LogP contribution in [-0.4, -0.2) is 28.7 Å². The van der Waals surface area contributed by atoms with Gasteiger partial charge in [0, 0.05) is 26.1 Å². The molecule has 1 fully saturated rings. The second kappa shape index (κ2) is 3.94. The molecular formula is C10H14ClN3O. The first-order valence-electron chi connectivity index (χ1n) is 5.01. The fourth-order valence-corrected chi connectivity index (χ4v) is 1.92. The van der Waals surface area contributed by atoms with Crippen LogP contribution in [0.5, 0.6) is 0 Å². The van der Waals surface area contributed by atoms with Crippen molar-refractivity contribution in [2.75, 3.05) is 13.1 Å². The van der Waals surface area contributed by atoms with Crippen molar-refractivity contribution in [1.82, 2.24) is 15.1 Å². The normalized spacial score (nSPS) is 16.5. The van der Waals surface area contributed by atoms with Crippen LogP contribution in [-0.2, 0) is 18.3 Å². The zero-order chi connectivity index (χ0) is 11.0. The lowest BCUT2D eigenvalue weighted by Gasteiger charge is -2.25. The van der Waals surface area contributed by atoms with Crippen molar-refractivity contribution in [2.24, 2.45) is 13.0 Å². The number of rotatable bonds is 3.